The van der Waals surface area contributed by atoms with Crippen molar-refractivity contribution in [2.75, 3.05) is 24.6 Å². The number of carboxylic acid groups (broad SMARTS) is 1. The molecule has 10 nitrogen and oxygen atoms in total. The van der Waals surface area contributed by atoms with E-state index in [1.54, 1.807) is 18.6 Å². The Labute approximate surface area is 171 Å². The molecule has 0 saturated carbocycles. The third-order valence-electron chi connectivity index (χ3n) is 5.17. The van der Waals surface area contributed by atoms with E-state index in [4.69, 9.17) is 16.4 Å². The van der Waals surface area contributed by atoms with E-state index in [-0.39, 0.29) is 28.8 Å². The molecule has 2 saturated heterocycles. The van der Waals surface area contributed by atoms with E-state index in [1.807, 2.05) is 4.90 Å². The molecular weight excluding hydrogens is 400 g/mol. The number of hydrogen-bond acceptors (Lipinski definition) is 8. The van der Waals surface area contributed by atoms with Gasteiger partial charge in [-0.1, -0.05) is 0 Å². The third-order valence-corrected chi connectivity index (χ3v) is 5.36. The summed E-state index contributed by atoms with van der Waals surface area (Å²) in [6.45, 7) is 1.46. The lowest BCUT2D eigenvalue weighted by Gasteiger charge is -2.35. The molecule has 1 atom stereocenters. The van der Waals surface area contributed by atoms with Gasteiger partial charge in [-0.3, -0.25) is 19.6 Å². The molecule has 2 aromatic rings. The van der Waals surface area contributed by atoms with Gasteiger partial charge in [0.25, 0.3) is 0 Å². The maximum Gasteiger partial charge on any atom is 0.356 e. The van der Waals surface area contributed by atoms with Crippen LogP contribution >= 0.6 is 11.6 Å². The molecule has 0 aromatic carbocycles. The van der Waals surface area contributed by atoms with Gasteiger partial charge in [0.1, 0.15) is 6.04 Å². The second kappa shape index (κ2) is 8.26. The number of nitrogens with zero attached hydrogens (tertiary/aromatic N) is 6. The van der Waals surface area contributed by atoms with Gasteiger partial charge in [-0.25, -0.2) is 19.8 Å². The zero-order valence-corrected chi connectivity index (χ0v) is 16.2. The second-order valence-corrected chi connectivity index (χ2v) is 7.21. The Bertz CT molecular complexity index is 906. The van der Waals surface area contributed by atoms with Crippen LogP contribution in [0.15, 0.2) is 24.8 Å². The largest absolute Gasteiger partial charge is 0.476 e. The smallest absolute Gasteiger partial charge is 0.356 e. The Hall–Kier alpha value is -2.85. The molecule has 152 valence electrons. The van der Waals surface area contributed by atoms with Gasteiger partial charge in [0.05, 0.1) is 30.4 Å². The summed E-state index contributed by atoms with van der Waals surface area (Å²) in [5.41, 5.74) is 0.975. The summed E-state index contributed by atoms with van der Waals surface area (Å²) in [7, 11) is 0. The summed E-state index contributed by atoms with van der Waals surface area (Å²) in [4.78, 5) is 48.1. The van der Waals surface area contributed by atoms with Crippen LogP contribution in [0.5, 0.6) is 0 Å². The van der Waals surface area contributed by atoms with E-state index < -0.39 is 5.97 Å². The number of aromatic nitrogens is 4. The first-order valence-corrected chi connectivity index (χ1v) is 9.65. The van der Waals surface area contributed by atoms with Crippen molar-refractivity contribution in [3.63, 3.8) is 0 Å². The number of carboxylic acids is 1. The normalized spacial score (nSPS) is 20.1. The highest BCUT2D eigenvalue weighted by Crippen LogP contribution is 2.33. The number of carbonyl (C=O) groups is 2. The zero-order valence-electron chi connectivity index (χ0n) is 15.4. The predicted molar refractivity (Wildman–Crippen MR) is 101 cm³/mol. The molecule has 2 aromatic heterocycles. The molecule has 4 heterocycles. The van der Waals surface area contributed by atoms with Gasteiger partial charge in [0.15, 0.2) is 5.69 Å². The lowest BCUT2D eigenvalue weighted by Crippen LogP contribution is -2.42. The van der Waals surface area contributed by atoms with Crippen molar-refractivity contribution in [1.82, 2.24) is 25.0 Å². The van der Waals surface area contributed by atoms with Crippen LogP contribution in [0, 0.1) is 5.92 Å². The van der Waals surface area contributed by atoms with Crippen molar-refractivity contribution in [3.8, 4) is 0 Å². The van der Waals surface area contributed by atoms with Gasteiger partial charge in [0.2, 0.25) is 11.2 Å². The van der Waals surface area contributed by atoms with Crippen LogP contribution in [0.4, 0.5) is 5.69 Å². The number of anilines is 1. The lowest BCUT2D eigenvalue weighted by molar-refractivity contribution is -0.182. The first-order chi connectivity index (χ1) is 14.0. The average Bonchev–Trinajstić information content (AvgIpc) is 3.24. The van der Waals surface area contributed by atoms with E-state index in [2.05, 4.69) is 19.9 Å². The Kier molecular flexibility index (Phi) is 5.54. The summed E-state index contributed by atoms with van der Waals surface area (Å²) in [5, 5.41) is 10.7. The van der Waals surface area contributed by atoms with Gasteiger partial charge in [0, 0.05) is 37.8 Å². The number of piperidine rings is 1. The molecule has 4 rings (SSSR count). The van der Waals surface area contributed by atoms with Gasteiger partial charge >= 0.3 is 5.97 Å². The fraction of sp³-hybridized carbons (Fsp3) is 0.444. The minimum absolute atomic E-state index is 0.0800. The highest BCUT2D eigenvalue weighted by atomic mass is 35.5. The van der Waals surface area contributed by atoms with Gasteiger partial charge in [-0.15, -0.1) is 0 Å². The zero-order chi connectivity index (χ0) is 20.4. The van der Waals surface area contributed by atoms with Gasteiger partial charge in [-0.2, -0.15) is 0 Å². The van der Waals surface area contributed by atoms with Crippen LogP contribution < -0.4 is 4.90 Å². The monoisotopic (exact) mass is 418 g/mol. The Balaban J connectivity index is 1.43. The van der Waals surface area contributed by atoms with E-state index in [1.165, 1.54) is 11.3 Å². The van der Waals surface area contributed by atoms with Crippen molar-refractivity contribution in [2.45, 2.75) is 25.3 Å². The van der Waals surface area contributed by atoms with E-state index in [0.29, 0.717) is 50.3 Å². The summed E-state index contributed by atoms with van der Waals surface area (Å²) in [6, 6.07) is -0.238. The van der Waals surface area contributed by atoms with Crippen molar-refractivity contribution in [2.24, 2.45) is 5.92 Å². The molecular formula is C18H19ClN6O4. The maximum absolute atomic E-state index is 13.0. The minimum Gasteiger partial charge on any atom is -0.476 e. The lowest BCUT2D eigenvalue weighted by atomic mass is 9.94. The second-order valence-electron chi connectivity index (χ2n) is 6.87. The topological polar surface area (TPSA) is 122 Å². The van der Waals surface area contributed by atoms with Crippen molar-refractivity contribution in [1.29, 1.82) is 0 Å². The highest BCUT2D eigenvalue weighted by Gasteiger charge is 2.38. The highest BCUT2D eigenvalue weighted by molar-refractivity contribution is 6.28. The van der Waals surface area contributed by atoms with Crippen molar-refractivity contribution < 1.29 is 19.5 Å². The van der Waals surface area contributed by atoms with Gasteiger partial charge < -0.3 is 10.0 Å². The van der Waals surface area contributed by atoms with Crippen molar-refractivity contribution >= 4 is 29.2 Å². The molecule has 11 heteroatoms. The van der Waals surface area contributed by atoms with Crippen LogP contribution in [0.2, 0.25) is 5.28 Å². The fourth-order valence-corrected chi connectivity index (χ4v) is 3.86. The Morgan fingerprint density at radius 2 is 1.93 bits per heavy atom. The molecule has 2 fully saturated rings. The van der Waals surface area contributed by atoms with Crippen LogP contribution in [0.3, 0.4) is 0 Å². The number of rotatable bonds is 4. The van der Waals surface area contributed by atoms with E-state index >= 15 is 0 Å². The Morgan fingerprint density at radius 1 is 1.14 bits per heavy atom. The summed E-state index contributed by atoms with van der Waals surface area (Å²) in [6.07, 6.45) is 8.05. The Morgan fingerprint density at radius 3 is 2.62 bits per heavy atom. The number of hydroxylamine groups is 2. The van der Waals surface area contributed by atoms with Crippen molar-refractivity contribution in [3.05, 3.63) is 41.5 Å². The van der Waals surface area contributed by atoms with E-state index in [9.17, 15) is 14.7 Å². The third kappa shape index (κ3) is 3.99. The van der Waals surface area contributed by atoms with Crippen LogP contribution in [-0.4, -0.2) is 61.7 Å². The molecule has 0 bridgehead atoms. The number of halogens is 1. The number of carbonyl (C=O) groups excluding carboxylic acids is 1. The number of amides is 1. The fourth-order valence-electron chi connectivity index (χ4n) is 3.73. The molecule has 1 amide bonds. The van der Waals surface area contributed by atoms with Crippen LogP contribution in [0.1, 0.15) is 41.5 Å². The standard InChI is InChI=1S/C18H19ClN6O4/c19-18-22-10-14(15(23-18)17(27)28)24-6-1-11(2-7-24)16(26)25-13(3-8-29-25)12-9-20-4-5-21-12/h4-5,9-11,13H,1-3,6-8H2,(H,27,28)/t13-/m0/s1. The summed E-state index contributed by atoms with van der Waals surface area (Å²) >= 11 is 5.72. The molecule has 1 N–H and O–H groups in total. The summed E-state index contributed by atoms with van der Waals surface area (Å²) < 4.78 is 0. The molecule has 29 heavy (non-hydrogen) atoms. The molecule has 0 aliphatic carbocycles. The molecule has 0 radical (unpaired) electrons. The summed E-state index contributed by atoms with van der Waals surface area (Å²) in [5.74, 6) is -1.46. The van der Waals surface area contributed by atoms with Gasteiger partial charge in [-0.05, 0) is 24.4 Å². The first kappa shape index (κ1) is 19.5. The molecule has 2 aliphatic heterocycles. The average molecular weight is 419 g/mol. The molecule has 2 aliphatic rings. The quantitative estimate of drug-likeness (QED) is 0.739. The van der Waals surface area contributed by atoms with Crippen LogP contribution in [0.25, 0.3) is 0 Å². The molecule has 0 spiro atoms. The maximum atomic E-state index is 13.0. The SMILES string of the molecule is O=C(O)c1nc(Cl)ncc1N1CCC(C(=O)N2OCC[C@H]2c2cnccn2)CC1. The minimum atomic E-state index is -1.17. The first-order valence-electron chi connectivity index (χ1n) is 9.27. The van der Waals surface area contributed by atoms with E-state index in [0.717, 1.165) is 0 Å². The number of hydrogen-bond donors (Lipinski definition) is 1. The molecule has 0 unspecified atom stereocenters. The predicted octanol–water partition coefficient (Wildman–Crippen LogP) is 1.74. The van der Waals surface area contributed by atoms with Crippen LogP contribution in [-0.2, 0) is 9.63 Å². The number of aromatic carboxylic acids is 1.